The van der Waals surface area contributed by atoms with Crippen LogP contribution in [0.3, 0.4) is 0 Å². The summed E-state index contributed by atoms with van der Waals surface area (Å²) in [6, 6.07) is 1.59. The number of hydrogen-bond donors (Lipinski definition) is 2. The van der Waals surface area contributed by atoms with E-state index in [1.165, 1.54) is 18.4 Å². The van der Waals surface area contributed by atoms with Crippen LogP contribution in [0.4, 0.5) is 5.69 Å². The minimum absolute atomic E-state index is 0.214. The zero-order valence-electron chi connectivity index (χ0n) is 8.17. The number of nitrogens with two attached hydrogens (primary N) is 1. The van der Waals surface area contributed by atoms with Crippen LogP contribution in [0, 0.1) is 3.95 Å². The van der Waals surface area contributed by atoms with Gasteiger partial charge in [-0.1, -0.05) is 11.6 Å². The van der Waals surface area contributed by atoms with E-state index >= 15 is 0 Å². The maximum absolute atomic E-state index is 11.4. The third-order valence-corrected chi connectivity index (χ3v) is 3.87. The molecule has 7 heteroatoms. The molecule has 16 heavy (non-hydrogen) atoms. The molecule has 84 valence electrons. The molecule has 0 spiro atoms. The van der Waals surface area contributed by atoms with Gasteiger partial charge in [-0.15, -0.1) is 11.3 Å². The third-order valence-electron chi connectivity index (χ3n) is 2.10. The summed E-state index contributed by atoms with van der Waals surface area (Å²) in [5, 5.41) is 0.329. The summed E-state index contributed by atoms with van der Waals surface area (Å²) >= 11 is 12.4. The Morgan fingerprint density at radius 2 is 2.38 bits per heavy atom. The maximum atomic E-state index is 11.4. The minimum atomic E-state index is -0.521. The van der Waals surface area contributed by atoms with E-state index in [4.69, 9.17) is 29.6 Å². The van der Waals surface area contributed by atoms with Gasteiger partial charge in [0.1, 0.15) is 0 Å². The second kappa shape index (κ2) is 4.04. The fourth-order valence-electron chi connectivity index (χ4n) is 1.35. The molecule has 0 radical (unpaired) electrons. The van der Waals surface area contributed by atoms with Crippen molar-refractivity contribution in [3.8, 4) is 0 Å². The van der Waals surface area contributed by atoms with Crippen molar-refractivity contribution < 1.29 is 9.53 Å². The molecular formula is C9H7ClN2O2S2. The SMILES string of the molecule is COC(=O)c1cc2[nH]c(=S)sc2c(Cl)c1N. The molecule has 0 saturated carbocycles. The second-order valence-electron chi connectivity index (χ2n) is 3.03. The van der Waals surface area contributed by atoms with Gasteiger partial charge in [-0.3, -0.25) is 0 Å². The first-order valence-corrected chi connectivity index (χ1v) is 5.84. The zero-order valence-corrected chi connectivity index (χ0v) is 10.6. The van der Waals surface area contributed by atoms with Gasteiger partial charge < -0.3 is 15.5 Å². The van der Waals surface area contributed by atoms with Gasteiger partial charge in [-0.05, 0) is 18.3 Å². The molecule has 1 aromatic heterocycles. The van der Waals surface area contributed by atoms with E-state index in [9.17, 15) is 4.79 Å². The van der Waals surface area contributed by atoms with E-state index in [1.54, 1.807) is 6.07 Å². The van der Waals surface area contributed by atoms with Crippen molar-refractivity contribution in [2.24, 2.45) is 0 Å². The van der Waals surface area contributed by atoms with E-state index in [1.807, 2.05) is 0 Å². The van der Waals surface area contributed by atoms with Gasteiger partial charge in [0.2, 0.25) is 0 Å². The van der Waals surface area contributed by atoms with Gasteiger partial charge in [-0.25, -0.2) is 4.79 Å². The molecule has 0 aliphatic carbocycles. The number of aromatic amines is 1. The predicted octanol–water partition coefficient (Wildman–Crippen LogP) is 2.98. The number of aromatic nitrogens is 1. The average molecular weight is 275 g/mol. The molecule has 0 bridgehead atoms. The molecule has 0 amide bonds. The first-order chi connectivity index (χ1) is 7.54. The van der Waals surface area contributed by atoms with Crippen LogP contribution in [0.2, 0.25) is 5.02 Å². The number of methoxy groups -OCH3 is 1. The topological polar surface area (TPSA) is 68.1 Å². The van der Waals surface area contributed by atoms with Crippen LogP contribution in [-0.2, 0) is 4.74 Å². The highest BCUT2D eigenvalue weighted by atomic mass is 35.5. The molecule has 0 aliphatic heterocycles. The Bertz CT molecular complexity index is 632. The largest absolute Gasteiger partial charge is 0.465 e. The Labute approximate surface area is 105 Å². The number of halogens is 1. The van der Waals surface area contributed by atoms with Crippen LogP contribution in [-0.4, -0.2) is 18.1 Å². The van der Waals surface area contributed by atoms with Crippen LogP contribution in [0.25, 0.3) is 10.2 Å². The summed E-state index contributed by atoms with van der Waals surface area (Å²) in [4.78, 5) is 14.4. The van der Waals surface area contributed by atoms with Gasteiger partial charge in [0.25, 0.3) is 0 Å². The second-order valence-corrected chi connectivity index (χ2v) is 5.10. The number of esters is 1. The molecule has 0 aliphatic rings. The molecule has 1 aromatic carbocycles. The van der Waals surface area contributed by atoms with E-state index < -0.39 is 5.97 Å². The minimum Gasteiger partial charge on any atom is -0.465 e. The molecule has 0 saturated heterocycles. The summed E-state index contributed by atoms with van der Waals surface area (Å²) in [6.07, 6.45) is 0. The number of thiazole rings is 1. The van der Waals surface area contributed by atoms with E-state index in [2.05, 4.69) is 9.72 Å². The Kier molecular flexibility index (Phi) is 2.88. The lowest BCUT2D eigenvalue weighted by molar-refractivity contribution is 0.0602. The van der Waals surface area contributed by atoms with Crippen LogP contribution in [0.5, 0.6) is 0 Å². The molecule has 3 N–H and O–H groups in total. The van der Waals surface area contributed by atoms with Crippen molar-refractivity contribution >= 4 is 57.0 Å². The van der Waals surface area contributed by atoms with Crippen molar-refractivity contribution in [3.63, 3.8) is 0 Å². The molecule has 0 atom stereocenters. The van der Waals surface area contributed by atoms with Crippen molar-refractivity contribution in [2.75, 3.05) is 12.8 Å². The summed E-state index contributed by atoms with van der Waals surface area (Å²) in [5.41, 5.74) is 6.90. The number of carbonyl (C=O) groups excluding carboxylic acids is 1. The number of fused-ring (bicyclic) bond motifs is 1. The number of rotatable bonds is 1. The number of anilines is 1. The quantitative estimate of drug-likeness (QED) is 0.477. The number of H-pyrrole nitrogens is 1. The predicted molar refractivity (Wildman–Crippen MR) is 67.8 cm³/mol. The van der Waals surface area contributed by atoms with E-state index in [0.29, 0.717) is 14.5 Å². The molecule has 4 nitrogen and oxygen atoms in total. The standard InChI is InChI=1S/C9H7ClN2O2S2/c1-14-8(13)3-2-4-7(5(10)6(3)11)16-9(15)12-4/h2H,11H2,1H3,(H,12,15). The lowest BCUT2D eigenvalue weighted by Gasteiger charge is -2.05. The molecule has 0 unspecified atom stereocenters. The first-order valence-electron chi connectivity index (χ1n) is 4.23. The molecule has 0 fully saturated rings. The molecule has 1 heterocycles. The van der Waals surface area contributed by atoms with Gasteiger partial charge in [0.05, 0.1) is 33.6 Å². The summed E-state index contributed by atoms with van der Waals surface area (Å²) in [6.45, 7) is 0. The van der Waals surface area contributed by atoms with Gasteiger partial charge in [0, 0.05) is 0 Å². The number of nitrogens with one attached hydrogen (secondary N) is 1. The molecule has 2 rings (SSSR count). The number of ether oxygens (including phenoxy) is 1. The summed E-state index contributed by atoms with van der Waals surface area (Å²) in [5.74, 6) is -0.521. The zero-order chi connectivity index (χ0) is 11.9. The monoisotopic (exact) mass is 274 g/mol. The van der Waals surface area contributed by atoms with E-state index in [0.717, 1.165) is 4.70 Å². The number of hydrogen-bond acceptors (Lipinski definition) is 5. The van der Waals surface area contributed by atoms with Crippen LogP contribution in [0.15, 0.2) is 6.07 Å². The van der Waals surface area contributed by atoms with Gasteiger partial charge in [-0.2, -0.15) is 0 Å². The highest BCUT2D eigenvalue weighted by Crippen LogP contribution is 2.35. The molecular weight excluding hydrogens is 268 g/mol. The number of carbonyl (C=O) groups is 1. The van der Waals surface area contributed by atoms with Crippen molar-refractivity contribution in [3.05, 3.63) is 20.6 Å². The Morgan fingerprint density at radius 3 is 3.00 bits per heavy atom. The summed E-state index contributed by atoms with van der Waals surface area (Å²) in [7, 11) is 1.29. The lowest BCUT2D eigenvalue weighted by atomic mass is 10.1. The Morgan fingerprint density at radius 1 is 1.69 bits per heavy atom. The normalized spacial score (nSPS) is 10.6. The molecule has 2 aromatic rings. The van der Waals surface area contributed by atoms with Crippen LogP contribution in [0.1, 0.15) is 10.4 Å². The smallest absolute Gasteiger partial charge is 0.340 e. The first kappa shape index (κ1) is 11.4. The Hall–Kier alpha value is -1.11. The van der Waals surface area contributed by atoms with E-state index in [-0.39, 0.29) is 11.3 Å². The average Bonchev–Trinajstić information content (AvgIpc) is 2.63. The van der Waals surface area contributed by atoms with Gasteiger partial charge in [0.15, 0.2) is 3.95 Å². The van der Waals surface area contributed by atoms with Gasteiger partial charge >= 0.3 is 5.97 Å². The van der Waals surface area contributed by atoms with Crippen LogP contribution >= 0.6 is 35.2 Å². The fourth-order valence-corrected chi connectivity index (χ4v) is 2.79. The maximum Gasteiger partial charge on any atom is 0.340 e. The van der Waals surface area contributed by atoms with Crippen molar-refractivity contribution in [1.82, 2.24) is 4.98 Å². The van der Waals surface area contributed by atoms with Crippen molar-refractivity contribution in [2.45, 2.75) is 0 Å². The van der Waals surface area contributed by atoms with Crippen molar-refractivity contribution in [1.29, 1.82) is 0 Å². The fraction of sp³-hybridized carbons (Fsp3) is 0.111. The van der Waals surface area contributed by atoms with Crippen LogP contribution < -0.4 is 5.73 Å². The highest BCUT2D eigenvalue weighted by molar-refractivity contribution is 7.73. The summed E-state index contributed by atoms with van der Waals surface area (Å²) < 4.78 is 5.94. The number of nitrogen functional groups attached to an aromatic ring is 1. The number of benzene rings is 1. The highest BCUT2D eigenvalue weighted by Gasteiger charge is 2.17. The third kappa shape index (κ3) is 1.68. The Balaban J connectivity index is 2.82. The lowest BCUT2D eigenvalue weighted by Crippen LogP contribution is -2.06.